The molecule has 3 rings (SSSR count). The van der Waals surface area contributed by atoms with E-state index in [1.807, 2.05) is 11.4 Å². The van der Waals surface area contributed by atoms with E-state index in [4.69, 9.17) is 5.26 Å². The summed E-state index contributed by atoms with van der Waals surface area (Å²) in [5.74, 6) is -0.257. The summed E-state index contributed by atoms with van der Waals surface area (Å²) in [6.07, 6.45) is 0. The zero-order chi connectivity index (χ0) is 18.0. The number of thioether (sulfide) groups is 1. The number of hydrogen-bond acceptors (Lipinski definition) is 6. The first kappa shape index (κ1) is 17.2. The minimum atomic E-state index is -0.485. The van der Waals surface area contributed by atoms with E-state index in [0.717, 1.165) is 0 Å². The van der Waals surface area contributed by atoms with Crippen molar-refractivity contribution in [3.8, 4) is 6.07 Å². The number of para-hydroxylation sites is 1. The lowest BCUT2D eigenvalue weighted by molar-refractivity contribution is -0.115. The molecule has 1 atom stereocenters. The van der Waals surface area contributed by atoms with Crippen LogP contribution in [0.3, 0.4) is 0 Å². The van der Waals surface area contributed by atoms with Crippen LogP contribution in [0.15, 0.2) is 45.7 Å². The molecule has 126 valence electrons. The van der Waals surface area contributed by atoms with E-state index in [9.17, 15) is 9.59 Å². The lowest BCUT2D eigenvalue weighted by atomic mass is 10.2. The number of amides is 1. The van der Waals surface area contributed by atoms with Gasteiger partial charge in [0.15, 0.2) is 5.16 Å². The van der Waals surface area contributed by atoms with E-state index in [-0.39, 0.29) is 11.5 Å². The average Bonchev–Trinajstić information content (AvgIpc) is 3.08. The smallest absolute Gasteiger partial charge is 0.271 e. The fourth-order valence-corrected chi connectivity index (χ4v) is 3.89. The summed E-state index contributed by atoms with van der Waals surface area (Å²) in [5, 5.41) is 13.7. The highest BCUT2D eigenvalue weighted by Crippen LogP contribution is 2.25. The molecule has 0 spiro atoms. The quantitative estimate of drug-likeness (QED) is 0.563. The van der Waals surface area contributed by atoms with Crippen LogP contribution in [0.4, 0.5) is 5.69 Å². The third-order valence-corrected chi connectivity index (χ3v) is 5.64. The van der Waals surface area contributed by atoms with Crippen molar-refractivity contribution in [1.82, 2.24) is 9.55 Å². The van der Waals surface area contributed by atoms with Crippen LogP contribution in [0.2, 0.25) is 0 Å². The van der Waals surface area contributed by atoms with Crippen molar-refractivity contribution in [2.24, 2.45) is 7.05 Å². The van der Waals surface area contributed by atoms with Crippen LogP contribution >= 0.6 is 23.1 Å². The molecule has 0 bridgehead atoms. The summed E-state index contributed by atoms with van der Waals surface area (Å²) in [5.41, 5.74) is 1.39. The Hall–Kier alpha value is -2.63. The second-order valence-electron chi connectivity index (χ2n) is 5.30. The number of benzene rings is 1. The predicted octanol–water partition coefficient (Wildman–Crippen LogP) is 2.99. The third-order valence-electron chi connectivity index (χ3n) is 3.60. The molecule has 8 heteroatoms. The standard InChI is InChI=1S/C17H14N4O2S2/c1-10(15(22)19-12-6-4-3-5-11(12)9-18)25-17-20-13-7-8-24-14(13)16(23)21(17)2/h3-8,10H,1-2H3,(H,19,22). The van der Waals surface area contributed by atoms with Gasteiger partial charge in [-0.05, 0) is 30.5 Å². The Balaban J connectivity index is 1.81. The number of nitriles is 1. The van der Waals surface area contributed by atoms with E-state index in [1.54, 1.807) is 44.3 Å². The maximum atomic E-state index is 12.4. The number of carbonyl (C=O) groups excluding carboxylic acids is 1. The van der Waals surface area contributed by atoms with Crippen LogP contribution < -0.4 is 10.9 Å². The SMILES string of the molecule is CC(Sc1nc2ccsc2c(=O)n1C)C(=O)Nc1ccccc1C#N. The second kappa shape index (κ2) is 7.09. The topological polar surface area (TPSA) is 87.8 Å². The molecule has 6 nitrogen and oxygen atoms in total. The van der Waals surface area contributed by atoms with Crippen molar-refractivity contribution in [1.29, 1.82) is 5.26 Å². The Morgan fingerprint density at radius 1 is 1.40 bits per heavy atom. The van der Waals surface area contributed by atoms with Crippen molar-refractivity contribution in [2.75, 3.05) is 5.32 Å². The van der Waals surface area contributed by atoms with Gasteiger partial charge in [0.1, 0.15) is 10.8 Å². The fourth-order valence-electron chi connectivity index (χ4n) is 2.21. The monoisotopic (exact) mass is 370 g/mol. The van der Waals surface area contributed by atoms with Gasteiger partial charge in [-0.1, -0.05) is 23.9 Å². The summed E-state index contributed by atoms with van der Waals surface area (Å²) < 4.78 is 2.06. The summed E-state index contributed by atoms with van der Waals surface area (Å²) in [6.45, 7) is 1.74. The number of thiophene rings is 1. The maximum absolute atomic E-state index is 12.4. The number of hydrogen-bond donors (Lipinski definition) is 1. The van der Waals surface area contributed by atoms with E-state index >= 15 is 0 Å². The van der Waals surface area contributed by atoms with Crippen molar-refractivity contribution in [2.45, 2.75) is 17.3 Å². The molecule has 1 unspecified atom stereocenters. The molecule has 0 aliphatic rings. The van der Waals surface area contributed by atoms with Gasteiger partial charge in [0, 0.05) is 7.05 Å². The molecule has 1 N–H and O–H groups in total. The van der Waals surface area contributed by atoms with Gasteiger partial charge in [-0.2, -0.15) is 5.26 Å². The van der Waals surface area contributed by atoms with Crippen LogP contribution in [-0.4, -0.2) is 20.7 Å². The van der Waals surface area contributed by atoms with Crippen LogP contribution in [0, 0.1) is 11.3 Å². The van der Waals surface area contributed by atoms with Gasteiger partial charge in [0.25, 0.3) is 5.56 Å². The van der Waals surface area contributed by atoms with Gasteiger partial charge in [-0.3, -0.25) is 14.2 Å². The summed E-state index contributed by atoms with van der Waals surface area (Å²) in [6, 6.07) is 10.7. The first-order valence-corrected chi connectivity index (χ1v) is 9.18. The molecule has 1 amide bonds. The Bertz CT molecular complexity index is 1050. The first-order chi connectivity index (χ1) is 12.0. The molecule has 3 aromatic rings. The van der Waals surface area contributed by atoms with Crippen LogP contribution in [0.1, 0.15) is 12.5 Å². The lowest BCUT2D eigenvalue weighted by Crippen LogP contribution is -2.25. The van der Waals surface area contributed by atoms with Crippen molar-refractivity contribution in [3.05, 3.63) is 51.6 Å². The normalized spacial score (nSPS) is 11.9. The highest BCUT2D eigenvalue weighted by molar-refractivity contribution is 8.00. The van der Waals surface area contributed by atoms with Gasteiger partial charge in [0.2, 0.25) is 5.91 Å². The molecule has 0 aliphatic heterocycles. The zero-order valence-electron chi connectivity index (χ0n) is 13.5. The zero-order valence-corrected chi connectivity index (χ0v) is 15.1. The minimum Gasteiger partial charge on any atom is -0.324 e. The lowest BCUT2D eigenvalue weighted by Gasteiger charge is -2.14. The number of aromatic nitrogens is 2. The van der Waals surface area contributed by atoms with Gasteiger partial charge in [-0.25, -0.2) is 4.98 Å². The molecule has 0 aliphatic carbocycles. The largest absolute Gasteiger partial charge is 0.324 e. The van der Waals surface area contributed by atoms with Gasteiger partial charge in [0.05, 0.1) is 22.0 Å². The highest BCUT2D eigenvalue weighted by atomic mass is 32.2. The molecule has 2 heterocycles. The van der Waals surface area contributed by atoms with E-state index in [2.05, 4.69) is 10.3 Å². The van der Waals surface area contributed by atoms with Gasteiger partial charge >= 0.3 is 0 Å². The van der Waals surface area contributed by atoms with Crippen LogP contribution in [0.25, 0.3) is 10.2 Å². The number of rotatable bonds is 4. The Morgan fingerprint density at radius 2 is 2.16 bits per heavy atom. The summed E-state index contributed by atoms with van der Waals surface area (Å²) in [4.78, 5) is 29.2. The third kappa shape index (κ3) is 3.43. The van der Waals surface area contributed by atoms with Crippen molar-refractivity contribution >= 4 is 44.9 Å². The highest BCUT2D eigenvalue weighted by Gasteiger charge is 2.19. The Morgan fingerprint density at radius 3 is 2.92 bits per heavy atom. The van der Waals surface area contributed by atoms with Crippen LogP contribution in [-0.2, 0) is 11.8 Å². The Kier molecular flexibility index (Phi) is 4.88. The van der Waals surface area contributed by atoms with Crippen molar-refractivity contribution in [3.63, 3.8) is 0 Å². The second-order valence-corrected chi connectivity index (χ2v) is 7.52. The number of carbonyl (C=O) groups is 1. The average molecular weight is 370 g/mol. The summed E-state index contributed by atoms with van der Waals surface area (Å²) in [7, 11) is 1.65. The molecule has 0 saturated heterocycles. The fraction of sp³-hybridized carbons (Fsp3) is 0.176. The number of nitrogens with one attached hydrogen (secondary N) is 1. The minimum absolute atomic E-state index is 0.120. The van der Waals surface area contributed by atoms with E-state index in [1.165, 1.54) is 27.7 Å². The first-order valence-electron chi connectivity index (χ1n) is 7.42. The number of fused-ring (bicyclic) bond motifs is 1. The van der Waals surface area contributed by atoms with Crippen molar-refractivity contribution < 1.29 is 4.79 Å². The number of anilines is 1. The predicted molar refractivity (Wildman–Crippen MR) is 100.0 cm³/mol. The van der Waals surface area contributed by atoms with Gasteiger partial charge in [-0.15, -0.1) is 11.3 Å². The molecule has 0 fully saturated rings. The Labute approximate surface area is 152 Å². The molecule has 2 aromatic heterocycles. The molecule has 1 aromatic carbocycles. The van der Waals surface area contributed by atoms with Gasteiger partial charge < -0.3 is 5.32 Å². The molecular formula is C17H14N4O2S2. The molecular weight excluding hydrogens is 356 g/mol. The van der Waals surface area contributed by atoms with Crippen LogP contribution in [0.5, 0.6) is 0 Å². The molecule has 0 saturated carbocycles. The number of nitrogens with zero attached hydrogens (tertiary/aromatic N) is 3. The molecule has 25 heavy (non-hydrogen) atoms. The van der Waals surface area contributed by atoms with E-state index < -0.39 is 5.25 Å². The van der Waals surface area contributed by atoms with E-state index in [0.29, 0.717) is 26.6 Å². The molecule has 0 radical (unpaired) electrons. The summed E-state index contributed by atoms with van der Waals surface area (Å²) >= 11 is 2.56. The maximum Gasteiger partial charge on any atom is 0.271 e.